The summed E-state index contributed by atoms with van der Waals surface area (Å²) in [6.45, 7) is 15.8. The van der Waals surface area contributed by atoms with Crippen LogP contribution in [0.25, 0.3) is 54.5 Å². The fourth-order valence-corrected chi connectivity index (χ4v) is 8.98. The molecule has 3 nitrogen and oxygen atoms in total. The molecule has 2 aliphatic rings. The average molecular weight is 593 g/mol. The van der Waals surface area contributed by atoms with Crippen LogP contribution in [0.2, 0.25) is 0 Å². The minimum Gasteiger partial charge on any atom is -0.454 e. The Kier molecular flexibility index (Phi) is 5.03. The Balaban J connectivity index is 1.47. The van der Waals surface area contributed by atoms with E-state index in [0.29, 0.717) is 0 Å². The minimum absolute atomic E-state index is 0.180. The number of aryl methyl sites for hydroxylation is 4. The average Bonchev–Trinajstić information content (AvgIpc) is 3.68. The van der Waals surface area contributed by atoms with Gasteiger partial charge in [0.2, 0.25) is 11.4 Å². The van der Waals surface area contributed by atoms with Crippen LogP contribution >= 0.6 is 11.3 Å². The summed E-state index contributed by atoms with van der Waals surface area (Å²) in [5.41, 5.74) is 14.4. The second-order valence-electron chi connectivity index (χ2n) is 14.3. The smallest absolute Gasteiger partial charge is 0.417 e. The summed E-state index contributed by atoms with van der Waals surface area (Å²) in [5.74, 6) is 0. The monoisotopic (exact) mass is 592 g/mol. The Morgan fingerprint density at radius 2 is 1.55 bits per heavy atom. The van der Waals surface area contributed by atoms with Gasteiger partial charge in [-0.05, 0) is 92.4 Å². The van der Waals surface area contributed by atoms with Gasteiger partial charge in [-0.2, -0.15) is 0 Å². The topological polar surface area (TPSA) is 20.9 Å². The zero-order valence-electron chi connectivity index (χ0n) is 26.4. The van der Waals surface area contributed by atoms with Gasteiger partial charge in [0, 0.05) is 39.4 Å². The van der Waals surface area contributed by atoms with E-state index in [1.165, 1.54) is 81.6 Å². The normalized spacial score (nSPS) is 16.7. The number of hydrogen-bond donors (Lipinski definition) is 0. The van der Waals surface area contributed by atoms with Crippen molar-refractivity contribution in [2.75, 3.05) is 0 Å². The number of benzene rings is 3. The maximum absolute atomic E-state index is 7.05. The molecule has 3 aromatic carbocycles. The van der Waals surface area contributed by atoms with Crippen LogP contribution in [-0.4, -0.2) is 0 Å². The van der Waals surface area contributed by atoms with Crippen LogP contribution in [0.1, 0.15) is 59.0 Å². The van der Waals surface area contributed by atoms with Crippen molar-refractivity contribution in [3.63, 3.8) is 0 Å². The molecule has 7 aromatic rings. The lowest BCUT2D eigenvalue weighted by Gasteiger charge is -2.19. The number of furan rings is 1. The zero-order chi connectivity index (χ0) is 30.3. The van der Waals surface area contributed by atoms with Gasteiger partial charge in [-0.25, -0.2) is 0 Å². The molecule has 0 N–H and O–H groups in total. The van der Waals surface area contributed by atoms with Crippen LogP contribution < -0.4 is 9.13 Å². The molecule has 0 saturated carbocycles. The van der Waals surface area contributed by atoms with E-state index >= 15 is 0 Å². The van der Waals surface area contributed by atoms with Gasteiger partial charge in [-0.3, -0.25) is 0 Å². The molecule has 0 saturated heterocycles. The molecule has 0 radical (unpaired) electrons. The number of hydrogen-bond acceptors (Lipinski definition) is 2. The summed E-state index contributed by atoms with van der Waals surface area (Å²) in [6.07, 6.45) is 5.72. The van der Waals surface area contributed by atoms with Crippen molar-refractivity contribution in [2.45, 2.75) is 60.5 Å². The van der Waals surface area contributed by atoms with Crippen molar-refractivity contribution in [1.82, 2.24) is 0 Å². The van der Waals surface area contributed by atoms with Crippen LogP contribution in [0.15, 0.2) is 83.5 Å². The van der Waals surface area contributed by atoms with Gasteiger partial charge in [0.05, 0.1) is 10.3 Å². The summed E-state index contributed by atoms with van der Waals surface area (Å²) in [4.78, 5) is 1.31. The molecule has 0 amide bonds. The van der Waals surface area contributed by atoms with Crippen molar-refractivity contribution in [3.8, 4) is 22.5 Å². The maximum Gasteiger partial charge on any atom is 0.417 e. The van der Waals surface area contributed by atoms with Crippen molar-refractivity contribution in [2.24, 2.45) is 5.41 Å². The van der Waals surface area contributed by atoms with E-state index in [9.17, 15) is 0 Å². The van der Waals surface area contributed by atoms with Crippen LogP contribution in [-0.2, 0) is 12.1 Å². The SMILES string of the molecule is Cc1ccc2c(c1)C1(c3ccc4c(oc5c4ccc4cc(C)sc45)c3-c3cc(CC(C)(C)C)cc[n+]31)[n+]1cc(C)c(C)cc1-2. The lowest BCUT2D eigenvalue weighted by molar-refractivity contribution is -0.955. The van der Waals surface area contributed by atoms with E-state index in [2.05, 4.69) is 137 Å². The predicted octanol–water partition coefficient (Wildman–Crippen LogP) is 9.46. The van der Waals surface area contributed by atoms with Gasteiger partial charge in [-0.1, -0.05) is 38.5 Å². The van der Waals surface area contributed by atoms with Gasteiger partial charge in [0.1, 0.15) is 22.3 Å². The van der Waals surface area contributed by atoms with Crippen molar-refractivity contribution >= 4 is 43.4 Å². The van der Waals surface area contributed by atoms with E-state index in [1.54, 1.807) is 0 Å². The van der Waals surface area contributed by atoms with E-state index in [4.69, 9.17) is 4.42 Å². The largest absolute Gasteiger partial charge is 0.454 e. The molecule has 4 heteroatoms. The number of aromatic nitrogens is 2. The third-order valence-electron chi connectivity index (χ3n) is 9.88. The predicted molar refractivity (Wildman–Crippen MR) is 180 cm³/mol. The highest BCUT2D eigenvalue weighted by molar-refractivity contribution is 7.19. The molecule has 44 heavy (non-hydrogen) atoms. The Morgan fingerprint density at radius 3 is 2.36 bits per heavy atom. The lowest BCUT2D eigenvalue weighted by atomic mass is 9.87. The number of fused-ring (bicyclic) bond motifs is 16. The number of nitrogens with zero attached hydrogens (tertiary/aromatic N) is 2. The lowest BCUT2D eigenvalue weighted by Crippen LogP contribution is -2.71. The van der Waals surface area contributed by atoms with E-state index < -0.39 is 5.66 Å². The van der Waals surface area contributed by atoms with Crippen LogP contribution in [0.5, 0.6) is 0 Å². The van der Waals surface area contributed by atoms with E-state index in [-0.39, 0.29) is 5.41 Å². The van der Waals surface area contributed by atoms with Gasteiger partial charge in [-0.15, -0.1) is 20.5 Å². The van der Waals surface area contributed by atoms with Crippen LogP contribution in [0.4, 0.5) is 0 Å². The molecule has 1 atom stereocenters. The highest BCUT2D eigenvalue weighted by atomic mass is 32.1. The fourth-order valence-electron chi connectivity index (χ4n) is 7.99. The van der Waals surface area contributed by atoms with Crippen molar-refractivity contribution < 1.29 is 13.6 Å². The molecular weight excluding hydrogens is 557 g/mol. The Bertz CT molecular complexity index is 2400. The minimum atomic E-state index is -0.553. The van der Waals surface area contributed by atoms with Gasteiger partial charge in [0.25, 0.3) is 0 Å². The summed E-state index contributed by atoms with van der Waals surface area (Å²) in [5, 5.41) is 3.63. The third-order valence-corrected chi connectivity index (χ3v) is 10.9. The molecule has 0 fully saturated rings. The fraction of sp³-hybridized carbons (Fsp3) is 0.250. The first-order chi connectivity index (χ1) is 21.0. The molecule has 2 aliphatic heterocycles. The number of thiophene rings is 1. The van der Waals surface area contributed by atoms with Crippen LogP contribution in [0.3, 0.4) is 0 Å². The standard InChI is InChI=1S/C40H36N2OS/c1-22-8-10-30-32(16-22)40(42-21-24(3)23(2)17-33(30)42)31-13-12-28-29-11-9-27-18-25(4)44-38(27)37(29)43-36(28)35(31)34-19-26(14-15-41(34)40)20-39(5,6)7/h8-19,21H,20H2,1-7H3/q+2. The maximum atomic E-state index is 7.05. The Hall–Kier alpha value is -4.28. The second kappa shape index (κ2) is 8.46. The zero-order valence-corrected chi connectivity index (χ0v) is 27.2. The van der Waals surface area contributed by atoms with Gasteiger partial charge >= 0.3 is 5.66 Å². The molecule has 0 aliphatic carbocycles. The highest BCUT2D eigenvalue weighted by Crippen LogP contribution is 2.51. The molecule has 0 bridgehead atoms. The molecule has 1 unspecified atom stereocenters. The molecule has 6 heterocycles. The first-order valence-electron chi connectivity index (χ1n) is 15.6. The number of rotatable bonds is 1. The van der Waals surface area contributed by atoms with Gasteiger partial charge in [0.15, 0.2) is 18.0 Å². The van der Waals surface area contributed by atoms with E-state index in [1.807, 2.05) is 11.3 Å². The first-order valence-corrected chi connectivity index (χ1v) is 16.5. The Labute approximate surface area is 262 Å². The quantitative estimate of drug-likeness (QED) is 0.174. The van der Waals surface area contributed by atoms with Gasteiger partial charge < -0.3 is 4.42 Å². The third kappa shape index (κ3) is 3.27. The summed E-state index contributed by atoms with van der Waals surface area (Å²) >= 11 is 1.83. The van der Waals surface area contributed by atoms with Crippen molar-refractivity contribution in [1.29, 1.82) is 0 Å². The number of pyridine rings is 2. The van der Waals surface area contributed by atoms with E-state index in [0.717, 1.165) is 17.6 Å². The molecule has 9 rings (SSSR count). The highest BCUT2D eigenvalue weighted by Gasteiger charge is 2.67. The summed E-state index contributed by atoms with van der Waals surface area (Å²) in [6, 6.07) is 25.6. The first kappa shape index (κ1) is 26.2. The molecule has 1 spiro atoms. The summed E-state index contributed by atoms with van der Waals surface area (Å²) in [7, 11) is 0. The molecular formula is C40H36N2OS+2. The summed E-state index contributed by atoms with van der Waals surface area (Å²) < 4.78 is 13.4. The van der Waals surface area contributed by atoms with Crippen molar-refractivity contribution in [3.05, 3.63) is 117 Å². The Morgan fingerprint density at radius 1 is 0.750 bits per heavy atom. The molecule has 4 aromatic heterocycles. The van der Waals surface area contributed by atoms with Crippen LogP contribution in [0, 0.1) is 33.1 Å². The molecule has 216 valence electrons. The second-order valence-corrected chi connectivity index (χ2v) is 15.6.